The van der Waals surface area contributed by atoms with Crippen molar-refractivity contribution in [2.45, 2.75) is 56.9 Å². The Morgan fingerprint density at radius 1 is 1.09 bits per heavy atom. The number of carbonyl (C=O) groups is 1. The summed E-state index contributed by atoms with van der Waals surface area (Å²) in [4.78, 5) is 15.2. The zero-order chi connectivity index (χ0) is 23.1. The molecule has 1 aliphatic rings. The molecule has 7 heteroatoms. The lowest BCUT2D eigenvalue weighted by Gasteiger charge is -2.25. The predicted octanol–water partition coefficient (Wildman–Crippen LogP) is 3.89. The number of hydrogen-bond acceptors (Lipinski definition) is 4. The number of nitrogens with zero attached hydrogens (tertiary/aromatic N) is 2. The summed E-state index contributed by atoms with van der Waals surface area (Å²) in [5.74, 6) is 1.00. The van der Waals surface area contributed by atoms with Crippen LogP contribution in [0.1, 0.15) is 44.2 Å². The van der Waals surface area contributed by atoms with E-state index in [1.165, 1.54) is 9.87 Å². The number of carbonyl (C=O) groups excluding carboxylic acids is 1. The van der Waals surface area contributed by atoms with E-state index in [1.54, 1.807) is 19.2 Å². The van der Waals surface area contributed by atoms with Crippen molar-refractivity contribution in [3.8, 4) is 5.75 Å². The highest BCUT2D eigenvalue weighted by molar-refractivity contribution is 7.89. The fourth-order valence-corrected chi connectivity index (χ4v) is 5.84. The van der Waals surface area contributed by atoms with Crippen LogP contribution in [0.4, 0.5) is 0 Å². The summed E-state index contributed by atoms with van der Waals surface area (Å²) >= 11 is 0. The summed E-state index contributed by atoms with van der Waals surface area (Å²) < 4.78 is 32.0. The average molecular weight is 459 g/mol. The van der Waals surface area contributed by atoms with Crippen LogP contribution in [0, 0.1) is 0 Å². The summed E-state index contributed by atoms with van der Waals surface area (Å²) in [7, 11) is -1.79. The third-order valence-electron chi connectivity index (χ3n) is 6.20. The van der Waals surface area contributed by atoms with E-state index in [-0.39, 0.29) is 11.9 Å². The van der Waals surface area contributed by atoms with E-state index in [1.807, 2.05) is 49.1 Å². The van der Waals surface area contributed by atoms with Crippen LogP contribution in [0.25, 0.3) is 0 Å². The van der Waals surface area contributed by atoms with Crippen molar-refractivity contribution in [1.29, 1.82) is 0 Å². The predicted molar refractivity (Wildman–Crippen MR) is 126 cm³/mol. The first-order valence-corrected chi connectivity index (χ1v) is 12.8. The number of benzene rings is 2. The second-order valence-corrected chi connectivity index (χ2v) is 10.1. The van der Waals surface area contributed by atoms with Gasteiger partial charge >= 0.3 is 0 Å². The Morgan fingerprint density at radius 3 is 2.47 bits per heavy atom. The first-order valence-electron chi connectivity index (χ1n) is 11.4. The van der Waals surface area contributed by atoms with Gasteiger partial charge in [0.05, 0.1) is 12.0 Å². The number of methoxy groups -OCH3 is 1. The molecule has 3 rings (SSSR count). The van der Waals surface area contributed by atoms with E-state index in [9.17, 15) is 13.2 Å². The van der Waals surface area contributed by atoms with Gasteiger partial charge in [0.1, 0.15) is 5.75 Å². The molecule has 0 aromatic heterocycles. The summed E-state index contributed by atoms with van der Waals surface area (Å²) in [5.41, 5.74) is 2.15. The van der Waals surface area contributed by atoms with Crippen LogP contribution in [0.15, 0.2) is 53.4 Å². The largest absolute Gasteiger partial charge is 0.497 e. The molecule has 2 aromatic rings. The molecule has 0 N–H and O–H groups in total. The molecule has 0 spiro atoms. The van der Waals surface area contributed by atoms with Crippen molar-refractivity contribution in [3.63, 3.8) is 0 Å². The first kappa shape index (κ1) is 24.3. The van der Waals surface area contributed by atoms with E-state index in [0.29, 0.717) is 30.8 Å². The van der Waals surface area contributed by atoms with Crippen LogP contribution < -0.4 is 4.74 Å². The molecule has 1 amide bonds. The van der Waals surface area contributed by atoms with Gasteiger partial charge < -0.3 is 9.64 Å². The van der Waals surface area contributed by atoms with Gasteiger partial charge in [0.2, 0.25) is 15.9 Å². The Balaban J connectivity index is 1.58. The Kier molecular flexibility index (Phi) is 8.32. The third kappa shape index (κ3) is 5.70. The number of amides is 1. The number of hydrogen-bond donors (Lipinski definition) is 0. The maximum Gasteiger partial charge on any atom is 0.243 e. The van der Waals surface area contributed by atoms with Crippen LogP contribution in [0.5, 0.6) is 5.75 Å². The lowest BCUT2D eigenvalue weighted by atomic mass is 10.0. The minimum atomic E-state index is -3.46. The van der Waals surface area contributed by atoms with Gasteiger partial charge in [0.25, 0.3) is 0 Å². The maximum atomic E-state index is 12.9. The molecule has 1 aliphatic heterocycles. The highest BCUT2D eigenvalue weighted by Crippen LogP contribution is 2.24. The number of rotatable bonds is 10. The van der Waals surface area contributed by atoms with Gasteiger partial charge in [-0.25, -0.2) is 8.42 Å². The lowest BCUT2D eigenvalue weighted by Crippen LogP contribution is -2.36. The fraction of sp³-hybridized carbons (Fsp3) is 0.480. The maximum absolute atomic E-state index is 12.9. The molecule has 0 saturated carbocycles. The van der Waals surface area contributed by atoms with Crippen LogP contribution in [-0.2, 0) is 27.7 Å². The second kappa shape index (κ2) is 11.0. The third-order valence-corrected chi connectivity index (χ3v) is 8.26. The lowest BCUT2D eigenvalue weighted by molar-refractivity contribution is -0.131. The molecule has 1 heterocycles. The SMILES string of the molecule is CCN(CC)S(=O)(=O)c1ccc(CCC(=O)N2CCCC2Cc2cccc(OC)c2)cc1. The summed E-state index contributed by atoms with van der Waals surface area (Å²) in [6.07, 6.45) is 3.91. The van der Waals surface area contributed by atoms with Crippen molar-refractivity contribution >= 4 is 15.9 Å². The van der Waals surface area contributed by atoms with Crippen molar-refractivity contribution < 1.29 is 17.9 Å². The average Bonchev–Trinajstić information content (AvgIpc) is 3.26. The molecule has 1 unspecified atom stereocenters. The van der Waals surface area contributed by atoms with Crippen molar-refractivity contribution in [1.82, 2.24) is 9.21 Å². The number of ether oxygens (including phenoxy) is 1. The molecule has 1 fully saturated rings. The van der Waals surface area contributed by atoms with Gasteiger partial charge in [-0.15, -0.1) is 0 Å². The quantitative estimate of drug-likeness (QED) is 0.542. The Labute approximate surface area is 192 Å². The van der Waals surface area contributed by atoms with E-state index >= 15 is 0 Å². The van der Waals surface area contributed by atoms with Gasteiger partial charge in [0, 0.05) is 32.1 Å². The molecule has 6 nitrogen and oxygen atoms in total. The minimum absolute atomic E-state index is 0.162. The smallest absolute Gasteiger partial charge is 0.243 e. The monoisotopic (exact) mass is 458 g/mol. The Bertz CT molecular complexity index is 1000. The number of aryl methyl sites for hydroxylation is 1. The molecule has 174 valence electrons. The molecular formula is C25H34N2O4S. The van der Waals surface area contributed by atoms with Crippen molar-refractivity contribution in [3.05, 3.63) is 59.7 Å². The van der Waals surface area contributed by atoms with E-state index < -0.39 is 10.0 Å². The van der Waals surface area contributed by atoms with Gasteiger partial charge in [-0.2, -0.15) is 4.31 Å². The molecule has 0 bridgehead atoms. The minimum Gasteiger partial charge on any atom is -0.497 e. The highest BCUT2D eigenvalue weighted by atomic mass is 32.2. The van der Waals surface area contributed by atoms with Crippen LogP contribution >= 0.6 is 0 Å². The molecule has 1 atom stereocenters. The molecule has 32 heavy (non-hydrogen) atoms. The van der Waals surface area contributed by atoms with Crippen LogP contribution in [0.2, 0.25) is 0 Å². The van der Waals surface area contributed by atoms with E-state index in [2.05, 4.69) is 6.07 Å². The standard InChI is InChI=1S/C25H34N2O4S/c1-4-26(5-2)32(29,30)24-14-11-20(12-15-24)13-16-25(28)27-17-7-9-22(27)18-21-8-6-10-23(19-21)31-3/h6,8,10-12,14-15,19,22H,4-5,7,9,13,16-18H2,1-3H3. The Hall–Kier alpha value is -2.38. The van der Waals surface area contributed by atoms with Crippen molar-refractivity contribution in [2.75, 3.05) is 26.7 Å². The van der Waals surface area contributed by atoms with Gasteiger partial charge in [0.15, 0.2) is 0 Å². The van der Waals surface area contributed by atoms with Gasteiger partial charge in [-0.1, -0.05) is 38.1 Å². The Morgan fingerprint density at radius 2 is 1.81 bits per heavy atom. The molecule has 0 aliphatic carbocycles. The summed E-state index contributed by atoms with van der Waals surface area (Å²) in [6, 6.07) is 15.2. The molecule has 1 saturated heterocycles. The van der Waals surface area contributed by atoms with Crippen LogP contribution in [-0.4, -0.2) is 56.3 Å². The zero-order valence-electron chi connectivity index (χ0n) is 19.3. The zero-order valence-corrected chi connectivity index (χ0v) is 20.1. The number of likely N-dealkylation sites (tertiary alicyclic amines) is 1. The molecule has 2 aromatic carbocycles. The van der Waals surface area contributed by atoms with Crippen molar-refractivity contribution in [2.24, 2.45) is 0 Å². The fourth-order valence-electron chi connectivity index (χ4n) is 4.38. The van der Waals surface area contributed by atoms with Gasteiger partial charge in [-0.3, -0.25) is 4.79 Å². The second-order valence-electron chi connectivity index (χ2n) is 8.17. The molecule has 0 radical (unpaired) electrons. The first-order chi connectivity index (χ1) is 15.4. The number of sulfonamides is 1. The summed E-state index contributed by atoms with van der Waals surface area (Å²) in [6.45, 7) is 5.36. The molecular weight excluding hydrogens is 424 g/mol. The topological polar surface area (TPSA) is 66.9 Å². The van der Waals surface area contributed by atoms with E-state index in [4.69, 9.17) is 4.74 Å². The highest BCUT2D eigenvalue weighted by Gasteiger charge is 2.28. The van der Waals surface area contributed by atoms with Crippen LogP contribution in [0.3, 0.4) is 0 Å². The normalized spacial score (nSPS) is 16.5. The summed E-state index contributed by atoms with van der Waals surface area (Å²) in [5, 5.41) is 0. The van der Waals surface area contributed by atoms with Gasteiger partial charge in [-0.05, 0) is 61.1 Å². The van der Waals surface area contributed by atoms with E-state index in [0.717, 1.165) is 37.1 Å².